The molecular formula is C13H7ClFNOS. The van der Waals surface area contributed by atoms with Crippen LogP contribution in [0.4, 0.5) is 4.39 Å². The molecule has 0 bridgehead atoms. The van der Waals surface area contributed by atoms with Gasteiger partial charge in [0.1, 0.15) is 16.6 Å². The van der Waals surface area contributed by atoms with E-state index >= 15 is 0 Å². The average molecular weight is 280 g/mol. The van der Waals surface area contributed by atoms with Gasteiger partial charge in [-0.25, -0.2) is 9.37 Å². The first kappa shape index (κ1) is 11.4. The maximum Gasteiger partial charge on any atom is 0.137 e. The zero-order valence-electron chi connectivity index (χ0n) is 9.02. The van der Waals surface area contributed by atoms with Crippen LogP contribution in [0.2, 0.25) is 5.02 Å². The first-order valence-corrected chi connectivity index (χ1v) is 6.38. The molecule has 0 fully saturated rings. The van der Waals surface area contributed by atoms with Crippen molar-refractivity contribution in [1.29, 1.82) is 0 Å². The summed E-state index contributed by atoms with van der Waals surface area (Å²) in [6.07, 6.45) is 0. The Hall–Kier alpha value is -1.65. The normalized spacial score (nSPS) is 11.0. The van der Waals surface area contributed by atoms with Crippen LogP contribution in [-0.2, 0) is 0 Å². The van der Waals surface area contributed by atoms with Crippen LogP contribution < -0.4 is 0 Å². The van der Waals surface area contributed by atoms with Crippen molar-refractivity contribution >= 4 is 33.2 Å². The molecule has 0 radical (unpaired) electrons. The second-order valence-corrected chi connectivity index (χ2v) is 5.26. The van der Waals surface area contributed by atoms with Gasteiger partial charge in [-0.05, 0) is 30.3 Å². The highest BCUT2D eigenvalue weighted by atomic mass is 35.5. The van der Waals surface area contributed by atoms with Crippen molar-refractivity contribution in [1.82, 2.24) is 4.98 Å². The molecule has 5 heteroatoms. The zero-order valence-corrected chi connectivity index (χ0v) is 10.6. The number of hydrogen-bond acceptors (Lipinski definition) is 3. The molecular weight excluding hydrogens is 273 g/mol. The topological polar surface area (TPSA) is 33.1 Å². The highest BCUT2D eigenvalue weighted by Crippen LogP contribution is 2.33. The molecule has 3 aromatic rings. The van der Waals surface area contributed by atoms with Crippen LogP contribution in [0.15, 0.2) is 36.4 Å². The van der Waals surface area contributed by atoms with Crippen LogP contribution in [0.25, 0.3) is 20.8 Å². The van der Waals surface area contributed by atoms with Crippen molar-refractivity contribution in [2.75, 3.05) is 0 Å². The van der Waals surface area contributed by atoms with E-state index in [2.05, 4.69) is 4.98 Å². The Morgan fingerprint density at radius 1 is 1.17 bits per heavy atom. The quantitative estimate of drug-likeness (QED) is 0.713. The molecule has 1 aromatic heterocycles. The second kappa shape index (κ2) is 4.23. The average Bonchev–Trinajstić information content (AvgIpc) is 2.71. The van der Waals surface area contributed by atoms with E-state index in [1.807, 2.05) is 0 Å². The van der Waals surface area contributed by atoms with Crippen LogP contribution in [0, 0.1) is 5.82 Å². The Bertz CT molecular complexity index is 741. The van der Waals surface area contributed by atoms with E-state index < -0.39 is 5.82 Å². The summed E-state index contributed by atoms with van der Waals surface area (Å²) >= 11 is 7.27. The maximum atomic E-state index is 13.7. The number of thiazole rings is 1. The molecule has 18 heavy (non-hydrogen) atoms. The third-order valence-electron chi connectivity index (χ3n) is 2.53. The SMILES string of the molecule is Oc1ccc(-c2nc3ccc(Cl)cc3s2)c(F)c1. The fourth-order valence-electron chi connectivity index (χ4n) is 1.69. The van der Waals surface area contributed by atoms with Crippen LogP contribution in [0.5, 0.6) is 5.75 Å². The van der Waals surface area contributed by atoms with Gasteiger partial charge >= 0.3 is 0 Å². The molecule has 1 heterocycles. The van der Waals surface area contributed by atoms with Crippen LogP contribution in [0.3, 0.4) is 0 Å². The van der Waals surface area contributed by atoms with Crippen LogP contribution in [0.1, 0.15) is 0 Å². The largest absolute Gasteiger partial charge is 0.508 e. The Morgan fingerprint density at radius 2 is 2.00 bits per heavy atom. The summed E-state index contributed by atoms with van der Waals surface area (Å²) in [6.45, 7) is 0. The van der Waals surface area contributed by atoms with E-state index in [0.717, 1.165) is 16.3 Å². The van der Waals surface area contributed by atoms with E-state index in [1.54, 1.807) is 18.2 Å². The molecule has 3 rings (SSSR count). The van der Waals surface area contributed by atoms with Gasteiger partial charge in [0.15, 0.2) is 0 Å². The molecule has 0 saturated heterocycles. The number of nitrogens with zero attached hydrogens (tertiary/aromatic N) is 1. The number of fused-ring (bicyclic) bond motifs is 1. The smallest absolute Gasteiger partial charge is 0.137 e. The molecule has 90 valence electrons. The van der Waals surface area contributed by atoms with Crippen molar-refractivity contribution in [3.8, 4) is 16.3 Å². The predicted octanol–water partition coefficient (Wildman–Crippen LogP) is 4.46. The summed E-state index contributed by atoms with van der Waals surface area (Å²) < 4.78 is 14.6. The predicted molar refractivity (Wildman–Crippen MR) is 71.7 cm³/mol. The van der Waals surface area contributed by atoms with Gasteiger partial charge in [-0.15, -0.1) is 11.3 Å². The zero-order chi connectivity index (χ0) is 12.7. The highest BCUT2D eigenvalue weighted by Gasteiger charge is 2.11. The molecule has 0 aliphatic rings. The first-order valence-electron chi connectivity index (χ1n) is 5.18. The van der Waals surface area contributed by atoms with Crippen LogP contribution >= 0.6 is 22.9 Å². The van der Waals surface area contributed by atoms with E-state index in [1.165, 1.54) is 23.5 Å². The van der Waals surface area contributed by atoms with Gasteiger partial charge in [-0.3, -0.25) is 0 Å². The van der Waals surface area contributed by atoms with Crippen molar-refractivity contribution in [2.45, 2.75) is 0 Å². The number of aromatic hydroxyl groups is 1. The van der Waals surface area contributed by atoms with Gasteiger partial charge in [-0.1, -0.05) is 11.6 Å². The van der Waals surface area contributed by atoms with Gasteiger partial charge in [0.25, 0.3) is 0 Å². The van der Waals surface area contributed by atoms with Gasteiger partial charge < -0.3 is 5.11 Å². The first-order chi connectivity index (χ1) is 8.63. The number of phenols is 1. The lowest BCUT2D eigenvalue weighted by Crippen LogP contribution is -1.82. The van der Waals surface area contributed by atoms with E-state index in [0.29, 0.717) is 15.6 Å². The Morgan fingerprint density at radius 3 is 2.78 bits per heavy atom. The molecule has 0 atom stereocenters. The van der Waals surface area contributed by atoms with Crippen molar-refractivity contribution in [2.24, 2.45) is 0 Å². The molecule has 0 amide bonds. The highest BCUT2D eigenvalue weighted by molar-refractivity contribution is 7.21. The van der Waals surface area contributed by atoms with Crippen LogP contribution in [-0.4, -0.2) is 10.1 Å². The maximum absolute atomic E-state index is 13.7. The van der Waals surface area contributed by atoms with Gasteiger partial charge in [0, 0.05) is 16.7 Å². The number of phenolic OH excluding ortho intramolecular Hbond substituents is 1. The second-order valence-electron chi connectivity index (χ2n) is 3.80. The van der Waals surface area contributed by atoms with Gasteiger partial charge in [0.05, 0.1) is 10.2 Å². The molecule has 2 nitrogen and oxygen atoms in total. The molecule has 0 saturated carbocycles. The van der Waals surface area contributed by atoms with Crippen molar-refractivity contribution in [3.05, 3.63) is 47.2 Å². The van der Waals surface area contributed by atoms with Gasteiger partial charge in [-0.2, -0.15) is 0 Å². The fraction of sp³-hybridized carbons (Fsp3) is 0. The standard InChI is InChI=1S/C13H7ClFNOS/c14-7-1-4-11-12(5-7)18-13(16-11)9-3-2-8(17)6-10(9)15/h1-6,17H. The molecule has 2 aromatic carbocycles. The molecule has 0 aliphatic carbocycles. The van der Waals surface area contributed by atoms with E-state index in [9.17, 15) is 9.50 Å². The summed E-state index contributed by atoms with van der Waals surface area (Å²) in [4.78, 5) is 4.35. The fourth-order valence-corrected chi connectivity index (χ4v) is 2.96. The lowest BCUT2D eigenvalue weighted by Gasteiger charge is -1.98. The summed E-state index contributed by atoms with van der Waals surface area (Å²) in [7, 11) is 0. The minimum atomic E-state index is -0.486. The number of benzene rings is 2. The minimum Gasteiger partial charge on any atom is -0.508 e. The molecule has 0 unspecified atom stereocenters. The number of aromatic nitrogens is 1. The summed E-state index contributed by atoms with van der Waals surface area (Å²) in [5.74, 6) is -0.583. The summed E-state index contributed by atoms with van der Waals surface area (Å²) in [6, 6.07) is 9.39. The lowest BCUT2D eigenvalue weighted by molar-refractivity contribution is 0.469. The van der Waals surface area contributed by atoms with E-state index in [-0.39, 0.29) is 5.75 Å². The number of hydrogen-bond donors (Lipinski definition) is 1. The Balaban J connectivity index is 2.19. The number of halogens is 2. The van der Waals surface area contributed by atoms with Crippen molar-refractivity contribution < 1.29 is 9.50 Å². The molecule has 0 aliphatic heterocycles. The minimum absolute atomic E-state index is 0.0968. The molecule has 0 spiro atoms. The number of rotatable bonds is 1. The Labute approximate surface area is 111 Å². The third-order valence-corrected chi connectivity index (χ3v) is 3.82. The third kappa shape index (κ3) is 1.94. The van der Waals surface area contributed by atoms with Gasteiger partial charge in [0.2, 0.25) is 0 Å². The lowest BCUT2D eigenvalue weighted by atomic mass is 10.2. The molecule has 1 N–H and O–H groups in total. The van der Waals surface area contributed by atoms with Crippen molar-refractivity contribution in [3.63, 3.8) is 0 Å². The van der Waals surface area contributed by atoms with E-state index in [4.69, 9.17) is 11.6 Å². The summed E-state index contributed by atoms with van der Waals surface area (Å²) in [5, 5.41) is 10.4. The summed E-state index contributed by atoms with van der Waals surface area (Å²) in [5.41, 5.74) is 1.16. The Kier molecular flexibility index (Phi) is 2.69. The monoisotopic (exact) mass is 279 g/mol.